The molecule has 2 aliphatic rings. The second-order valence-corrected chi connectivity index (χ2v) is 19.9. The summed E-state index contributed by atoms with van der Waals surface area (Å²) in [6.07, 6.45) is 2.94. The summed E-state index contributed by atoms with van der Waals surface area (Å²) in [7, 11) is 7.61. The van der Waals surface area contributed by atoms with Crippen molar-refractivity contribution in [3.8, 4) is 0 Å². The summed E-state index contributed by atoms with van der Waals surface area (Å²) in [6.45, 7) is 5.88. The minimum atomic E-state index is -1.12. The van der Waals surface area contributed by atoms with E-state index in [0.29, 0.717) is 59.6 Å². The van der Waals surface area contributed by atoms with Gasteiger partial charge in [-0.15, -0.1) is 0 Å². The molecule has 2 atom stereocenters. The van der Waals surface area contributed by atoms with Crippen molar-refractivity contribution >= 4 is 70.2 Å². The molecule has 8 aromatic rings. The van der Waals surface area contributed by atoms with E-state index in [4.69, 9.17) is 5.73 Å². The number of carbonyl (C=O) groups is 4. The number of hydrogen-bond donors (Lipinski definition) is 7. The van der Waals surface area contributed by atoms with Crippen LogP contribution in [0.15, 0.2) is 134 Å². The molecular formula is C60H58F6N14O5. The lowest BCUT2D eigenvalue weighted by atomic mass is 9.92. The van der Waals surface area contributed by atoms with Crippen molar-refractivity contribution < 1.29 is 50.6 Å². The molecule has 2 aromatic heterocycles. The smallest absolute Gasteiger partial charge is 0.335 e. The summed E-state index contributed by atoms with van der Waals surface area (Å²) < 4.78 is 85.7. The Labute approximate surface area is 484 Å². The number of aryl methyl sites for hydroxylation is 2. The lowest BCUT2D eigenvalue weighted by Crippen LogP contribution is -2.46. The number of aromatic nitrogens is 4. The monoisotopic (exact) mass is 1170 g/mol. The third-order valence-electron chi connectivity index (χ3n) is 13.3. The van der Waals surface area contributed by atoms with E-state index in [2.05, 4.69) is 46.5 Å². The number of carboxylic acid groups (broad SMARTS) is 1. The van der Waals surface area contributed by atoms with Crippen molar-refractivity contribution in [3.05, 3.63) is 213 Å². The molecule has 5 amide bonds. The molecule has 6 aromatic carbocycles. The van der Waals surface area contributed by atoms with Crippen LogP contribution in [-0.4, -0.2) is 113 Å². The van der Waals surface area contributed by atoms with E-state index in [0.717, 1.165) is 34.1 Å². The number of carbonyl (C=O) groups excluding carboxylic acids is 3. The number of fused-ring (bicyclic) bond motifs is 2. The molecule has 0 saturated heterocycles. The second-order valence-electron chi connectivity index (χ2n) is 19.9. The zero-order valence-electron chi connectivity index (χ0n) is 46.7. The Kier molecular flexibility index (Phi) is 19.2. The standard InChI is InChI=1S/C30H28F3N7O2.C24H24F2N6O3.C6H6FN/c1-17-11-12-18(28(41)36-24-10-5-4-7-21(24)31)15-19(17)25-20-16-35-29(34-13-14-39(2)3)38-27(20)40(30(42)37-25)26-22(32)8-6-9-23(26)33;1-13-7-8-14(22(33)34)11-15(13)19-16-12-28-23(27-9-10-31(2)3)30-21(16)32(24(35)29-19)20-17(25)5-4-6-18(20)26;7-5-3-1-2-4-6(5)8/h4-12,15-16,25H,13-14H2,1-3H3,(H,36,41)(H,37,42)(H,34,35,38);4-8,11-12,19H,9-10H2,1-3H3,(H,29,35)(H,33,34)(H,27,28,30);1-4H,8H2. The molecule has 2 unspecified atom stereocenters. The van der Waals surface area contributed by atoms with Crippen molar-refractivity contribution in [2.75, 3.05) is 85.9 Å². The van der Waals surface area contributed by atoms with Crippen LogP contribution >= 0.6 is 0 Å². The van der Waals surface area contributed by atoms with Crippen molar-refractivity contribution in [2.24, 2.45) is 0 Å². The zero-order chi connectivity index (χ0) is 61.2. The number of benzene rings is 6. The Morgan fingerprint density at radius 2 is 0.976 bits per heavy atom. The first-order valence-electron chi connectivity index (χ1n) is 26.2. The molecular weight excluding hydrogens is 1110 g/mol. The lowest BCUT2D eigenvalue weighted by molar-refractivity contribution is 0.0696. The van der Waals surface area contributed by atoms with Crippen LogP contribution in [0.5, 0.6) is 0 Å². The van der Waals surface area contributed by atoms with Gasteiger partial charge in [0.25, 0.3) is 5.91 Å². The fourth-order valence-electron chi connectivity index (χ4n) is 8.93. The molecule has 0 saturated carbocycles. The first kappa shape index (κ1) is 60.9. The van der Waals surface area contributed by atoms with Gasteiger partial charge in [-0.1, -0.05) is 48.5 Å². The molecule has 0 bridgehead atoms. The first-order chi connectivity index (χ1) is 40.6. The van der Waals surface area contributed by atoms with Crippen LogP contribution in [0.2, 0.25) is 0 Å². The van der Waals surface area contributed by atoms with E-state index in [1.807, 2.05) is 38.0 Å². The number of nitrogens with one attached hydrogen (secondary N) is 5. The van der Waals surface area contributed by atoms with E-state index in [9.17, 15) is 50.6 Å². The van der Waals surface area contributed by atoms with E-state index < -0.39 is 76.5 Å². The third kappa shape index (κ3) is 14.2. The zero-order valence-corrected chi connectivity index (χ0v) is 46.7. The minimum Gasteiger partial charge on any atom is -0.478 e. The third-order valence-corrected chi connectivity index (χ3v) is 13.3. The highest BCUT2D eigenvalue weighted by Crippen LogP contribution is 2.43. The number of likely N-dealkylation sites (N-methyl/N-ethyl adjacent to an activating group) is 2. The molecule has 10 rings (SSSR count). The Bertz CT molecular complexity index is 3740. The number of aromatic carboxylic acids is 1. The van der Waals surface area contributed by atoms with Gasteiger partial charge in [0.2, 0.25) is 11.9 Å². The molecule has 0 fully saturated rings. The number of hydrogen-bond acceptors (Lipinski definition) is 13. The number of nitrogen functional groups attached to an aromatic ring is 1. The molecule has 0 radical (unpaired) electrons. The van der Waals surface area contributed by atoms with Crippen molar-refractivity contribution in [2.45, 2.75) is 25.9 Å². The van der Waals surface area contributed by atoms with E-state index in [-0.39, 0.29) is 51.9 Å². The van der Waals surface area contributed by atoms with Crippen LogP contribution in [-0.2, 0) is 0 Å². The quantitative estimate of drug-likeness (QED) is 0.0373. The summed E-state index contributed by atoms with van der Waals surface area (Å²) in [5, 5.41) is 23.6. The topological polar surface area (TPSA) is 239 Å². The first-order valence-corrected chi connectivity index (χ1v) is 26.2. The number of halogens is 6. The van der Waals surface area contributed by atoms with Crippen molar-refractivity contribution in [1.29, 1.82) is 0 Å². The van der Waals surface area contributed by atoms with Crippen LogP contribution in [0.4, 0.5) is 82.2 Å². The highest BCUT2D eigenvalue weighted by molar-refractivity contribution is 6.05. The second kappa shape index (κ2) is 26.8. The fraction of sp³-hybridized carbons (Fsp3) is 0.200. The number of nitrogens with zero attached hydrogens (tertiary/aromatic N) is 8. The minimum absolute atomic E-state index is 0.00905. The Hall–Kier alpha value is -10.1. The molecule has 2 aliphatic heterocycles. The van der Waals surface area contributed by atoms with Crippen molar-refractivity contribution in [1.82, 2.24) is 40.4 Å². The van der Waals surface area contributed by atoms with Gasteiger partial charge >= 0.3 is 18.0 Å². The average molecular weight is 1170 g/mol. The van der Waals surface area contributed by atoms with Gasteiger partial charge in [0.1, 0.15) is 46.3 Å². The SMILES string of the molecule is Cc1ccc(C(=O)Nc2ccccc2F)cc1C1NC(=O)N(c2c(F)cccc2F)c2nc(NCCN(C)C)ncc21.Cc1ccc(C(=O)O)cc1C1NC(=O)N(c2c(F)cccc2F)c2nc(NCCN(C)C)ncc21.Nc1ccccc1F. The number of nitrogens with two attached hydrogens (primary N) is 1. The van der Waals surface area contributed by atoms with Crippen LogP contribution in [0, 0.1) is 48.8 Å². The molecule has 25 heteroatoms. The maximum atomic E-state index is 14.9. The normalized spacial score (nSPS) is 14.2. The number of anilines is 8. The summed E-state index contributed by atoms with van der Waals surface area (Å²) in [5.74, 6) is -6.07. The maximum Gasteiger partial charge on any atom is 0.335 e. The van der Waals surface area contributed by atoms with Crippen molar-refractivity contribution in [3.63, 3.8) is 0 Å². The van der Waals surface area contributed by atoms with Gasteiger partial charge in [-0.3, -0.25) is 4.79 Å². The Morgan fingerprint density at radius 1 is 0.565 bits per heavy atom. The average Bonchev–Trinajstić information content (AvgIpc) is 0.947. The van der Waals surface area contributed by atoms with Gasteiger partial charge in [0.15, 0.2) is 11.6 Å². The van der Waals surface area contributed by atoms with Gasteiger partial charge < -0.3 is 47.2 Å². The highest BCUT2D eigenvalue weighted by Gasteiger charge is 2.40. The predicted octanol–water partition coefficient (Wildman–Crippen LogP) is 10.5. The van der Waals surface area contributed by atoms with Gasteiger partial charge in [0.05, 0.1) is 29.0 Å². The maximum absolute atomic E-state index is 14.9. The molecule has 8 N–H and O–H groups in total. The fourth-order valence-corrected chi connectivity index (χ4v) is 8.93. The lowest BCUT2D eigenvalue weighted by Gasteiger charge is -2.35. The van der Waals surface area contributed by atoms with E-state index in [1.165, 1.54) is 67.0 Å². The highest BCUT2D eigenvalue weighted by atomic mass is 19.2. The Morgan fingerprint density at radius 3 is 1.39 bits per heavy atom. The summed E-state index contributed by atoms with van der Waals surface area (Å²) in [5.41, 5.74) is 7.62. The predicted molar refractivity (Wildman–Crippen MR) is 310 cm³/mol. The number of carboxylic acids is 1. The summed E-state index contributed by atoms with van der Waals surface area (Å²) in [6, 6.07) is 24.6. The van der Waals surface area contributed by atoms with E-state index in [1.54, 1.807) is 56.3 Å². The molecule has 440 valence electrons. The van der Waals surface area contributed by atoms with Gasteiger partial charge in [0, 0.05) is 55.3 Å². The van der Waals surface area contributed by atoms with Gasteiger partial charge in [-0.25, -0.2) is 60.5 Å². The van der Waals surface area contributed by atoms with Crippen LogP contribution in [0.3, 0.4) is 0 Å². The van der Waals surface area contributed by atoms with Crippen LogP contribution in [0.1, 0.15) is 66.2 Å². The number of urea groups is 2. The van der Waals surface area contributed by atoms with E-state index >= 15 is 0 Å². The van der Waals surface area contributed by atoms with Gasteiger partial charge in [-0.2, -0.15) is 9.97 Å². The molecule has 19 nitrogen and oxygen atoms in total. The molecule has 0 spiro atoms. The molecule has 4 heterocycles. The number of para-hydroxylation sites is 4. The number of amides is 5. The van der Waals surface area contributed by atoms with Crippen LogP contribution in [0.25, 0.3) is 0 Å². The summed E-state index contributed by atoms with van der Waals surface area (Å²) >= 11 is 0. The van der Waals surface area contributed by atoms with Crippen LogP contribution < -0.4 is 42.1 Å². The number of rotatable bonds is 15. The van der Waals surface area contributed by atoms with Gasteiger partial charge in [-0.05, 0) is 137 Å². The molecule has 85 heavy (non-hydrogen) atoms. The largest absolute Gasteiger partial charge is 0.478 e. The summed E-state index contributed by atoms with van der Waals surface area (Å²) in [4.78, 5) is 74.6. The molecule has 0 aliphatic carbocycles. The Balaban J connectivity index is 0.000000198.